The van der Waals surface area contributed by atoms with Crippen molar-refractivity contribution < 1.29 is 21.2 Å². The second-order valence-corrected chi connectivity index (χ2v) is 9.20. The molecule has 21 heavy (non-hydrogen) atoms. The Morgan fingerprint density at radius 3 is 2.38 bits per heavy atom. The molecule has 0 spiro atoms. The number of halogens is 2. The van der Waals surface area contributed by atoms with Gasteiger partial charge in [-0.25, -0.2) is 30.3 Å². The van der Waals surface area contributed by atoms with E-state index in [1.54, 1.807) is 0 Å². The molecule has 0 saturated heterocycles. The van der Waals surface area contributed by atoms with Crippen molar-refractivity contribution >= 4 is 41.7 Å². The number of nitrogens with two attached hydrogens (primary N) is 1. The normalized spacial score (nSPS) is 12.8. The predicted molar refractivity (Wildman–Crippen MR) is 81.2 cm³/mol. The molecule has 0 aromatic heterocycles. The molecule has 0 heterocycles. The third kappa shape index (κ3) is 4.61. The van der Waals surface area contributed by atoms with Crippen LogP contribution in [-0.2, 0) is 20.0 Å². The summed E-state index contributed by atoms with van der Waals surface area (Å²) in [6.45, 7) is -0.380. The molecule has 1 rings (SSSR count). The Balaban J connectivity index is 2.94. The van der Waals surface area contributed by atoms with Crippen LogP contribution in [0.15, 0.2) is 21.5 Å². The molecule has 0 fully saturated rings. The summed E-state index contributed by atoms with van der Waals surface area (Å²) in [7, 11) is -5.09. The zero-order valence-electron chi connectivity index (χ0n) is 11.3. The summed E-state index contributed by atoms with van der Waals surface area (Å²) in [6.07, 6.45) is 0. The molecule has 0 amide bonds. The molecule has 0 bridgehead atoms. The molecule has 11 heteroatoms. The molecule has 1 aromatic carbocycles. The SMILES string of the molecule is CN(C)S(=O)(=O)CCNS(=O)(=O)c1cc(N)cc(Br)c1F. The fourth-order valence-electron chi connectivity index (χ4n) is 1.34. The maximum atomic E-state index is 13.8. The summed E-state index contributed by atoms with van der Waals surface area (Å²) < 4.78 is 63.7. The molecule has 0 aliphatic carbocycles. The molecule has 0 unspecified atom stereocenters. The van der Waals surface area contributed by atoms with E-state index in [1.807, 2.05) is 4.72 Å². The van der Waals surface area contributed by atoms with E-state index >= 15 is 0 Å². The molecule has 0 radical (unpaired) electrons. The topological polar surface area (TPSA) is 110 Å². The van der Waals surface area contributed by atoms with Crippen LogP contribution in [0.25, 0.3) is 0 Å². The summed E-state index contributed by atoms with van der Waals surface area (Å²) in [4.78, 5) is -0.642. The summed E-state index contributed by atoms with van der Waals surface area (Å²) in [5.74, 6) is -1.43. The number of rotatable bonds is 6. The van der Waals surface area contributed by atoms with E-state index in [1.165, 1.54) is 20.2 Å². The third-order valence-electron chi connectivity index (χ3n) is 2.52. The number of nitrogens with one attached hydrogen (secondary N) is 1. The Hall–Kier alpha value is -0.750. The van der Waals surface area contributed by atoms with Crippen molar-refractivity contribution in [3.05, 3.63) is 22.4 Å². The van der Waals surface area contributed by atoms with Crippen LogP contribution in [0.1, 0.15) is 0 Å². The highest BCUT2D eigenvalue weighted by molar-refractivity contribution is 9.10. The average Bonchev–Trinajstić information content (AvgIpc) is 2.32. The summed E-state index contributed by atoms with van der Waals surface area (Å²) in [5.41, 5.74) is 5.53. The lowest BCUT2D eigenvalue weighted by molar-refractivity contribution is 0.519. The zero-order chi connectivity index (χ0) is 16.4. The van der Waals surface area contributed by atoms with Gasteiger partial charge in [-0.15, -0.1) is 0 Å². The highest BCUT2D eigenvalue weighted by Gasteiger charge is 2.23. The Bertz CT molecular complexity index is 735. The summed E-state index contributed by atoms with van der Waals surface area (Å²) >= 11 is 2.86. The zero-order valence-corrected chi connectivity index (χ0v) is 14.5. The first-order chi connectivity index (χ1) is 9.47. The molecule has 120 valence electrons. The molecular weight excluding hydrogens is 389 g/mol. The first-order valence-electron chi connectivity index (χ1n) is 5.62. The molecule has 0 atom stereocenters. The number of nitrogens with zero attached hydrogens (tertiary/aromatic N) is 1. The van der Waals surface area contributed by atoms with Crippen LogP contribution < -0.4 is 10.5 Å². The van der Waals surface area contributed by atoms with Gasteiger partial charge in [-0.1, -0.05) is 0 Å². The van der Waals surface area contributed by atoms with Gasteiger partial charge >= 0.3 is 0 Å². The number of nitrogen functional groups attached to an aromatic ring is 1. The van der Waals surface area contributed by atoms with Crippen LogP contribution in [0.2, 0.25) is 0 Å². The predicted octanol–water partition coefficient (Wildman–Crippen LogP) is 0.340. The third-order valence-corrected chi connectivity index (χ3v) is 6.39. The highest BCUT2D eigenvalue weighted by atomic mass is 79.9. The number of sulfonamides is 2. The Kier molecular flexibility index (Phi) is 5.72. The lowest BCUT2D eigenvalue weighted by Gasteiger charge is -2.12. The van der Waals surface area contributed by atoms with Gasteiger partial charge < -0.3 is 5.73 Å². The van der Waals surface area contributed by atoms with Gasteiger partial charge in [-0.2, -0.15) is 0 Å². The van der Waals surface area contributed by atoms with Gasteiger partial charge in [0.2, 0.25) is 20.0 Å². The molecular formula is C10H15BrFN3O4S2. The highest BCUT2D eigenvalue weighted by Crippen LogP contribution is 2.25. The van der Waals surface area contributed by atoms with Crippen molar-refractivity contribution in [3.8, 4) is 0 Å². The Labute approximate surface area is 131 Å². The fourth-order valence-corrected chi connectivity index (χ4v) is 3.97. The minimum absolute atomic E-state index is 0.0598. The van der Waals surface area contributed by atoms with Crippen LogP contribution in [0.5, 0.6) is 0 Å². The van der Waals surface area contributed by atoms with Gasteiger partial charge in [0, 0.05) is 26.3 Å². The number of hydrogen-bond donors (Lipinski definition) is 2. The summed E-state index contributed by atoms with van der Waals surface area (Å²) in [5, 5.41) is 0. The minimum Gasteiger partial charge on any atom is -0.399 e. The number of benzene rings is 1. The molecule has 1 aromatic rings. The van der Waals surface area contributed by atoms with Gasteiger partial charge in [-0.3, -0.25) is 0 Å². The van der Waals surface area contributed by atoms with Crippen molar-refractivity contribution in [1.82, 2.24) is 9.03 Å². The van der Waals surface area contributed by atoms with Gasteiger partial charge in [0.05, 0.1) is 10.2 Å². The quantitative estimate of drug-likeness (QED) is 0.665. The first kappa shape index (κ1) is 18.3. The number of hydrogen-bond acceptors (Lipinski definition) is 5. The van der Waals surface area contributed by atoms with Gasteiger partial charge in [0.15, 0.2) is 5.82 Å². The van der Waals surface area contributed by atoms with E-state index in [-0.39, 0.29) is 16.7 Å². The van der Waals surface area contributed by atoms with E-state index in [2.05, 4.69) is 15.9 Å². The van der Waals surface area contributed by atoms with Crippen molar-refractivity contribution in [2.45, 2.75) is 4.90 Å². The lowest BCUT2D eigenvalue weighted by atomic mass is 10.3. The molecule has 0 saturated carbocycles. The molecule has 0 aliphatic heterocycles. The van der Waals surface area contributed by atoms with Gasteiger partial charge in [-0.05, 0) is 28.1 Å². The monoisotopic (exact) mass is 403 g/mol. The van der Waals surface area contributed by atoms with E-state index in [0.29, 0.717) is 0 Å². The van der Waals surface area contributed by atoms with Crippen LogP contribution in [0.3, 0.4) is 0 Å². The average molecular weight is 404 g/mol. The Morgan fingerprint density at radius 1 is 1.29 bits per heavy atom. The van der Waals surface area contributed by atoms with Gasteiger partial charge in [0.1, 0.15) is 4.90 Å². The number of anilines is 1. The van der Waals surface area contributed by atoms with Crippen LogP contribution >= 0.6 is 15.9 Å². The van der Waals surface area contributed by atoms with E-state index in [0.717, 1.165) is 10.4 Å². The van der Waals surface area contributed by atoms with E-state index < -0.39 is 36.5 Å². The second kappa shape index (κ2) is 6.57. The van der Waals surface area contributed by atoms with Crippen molar-refractivity contribution in [2.75, 3.05) is 32.1 Å². The first-order valence-corrected chi connectivity index (χ1v) is 9.50. The standard InChI is InChI=1S/C10H15BrFN3O4S2/c1-15(2)20(16,17)4-3-14-21(18,19)9-6-7(13)5-8(11)10(9)12/h5-6,14H,3-4,13H2,1-2H3. The smallest absolute Gasteiger partial charge is 0.243 e. The molecule has 3 N–H and O–H groups in total. The van der Waals surface area contributed by atoms with Crippen molar-refractivity contribution in [1.29, 1.82) is 0 Å². The van der Waals surface area contributed by atoms with E-state index in [4.69, 9.17) is 5.73 Å². The second-order valence-electron chi connectivity index (χ2n) is 4.31. The maximum absolute atomic E-state index is 13.8. The largest absolute Gasteiger partial charge is 0.399 e. The molecule has 7 nitrogen and oxygen atoms in total. The van der Waals surface area contributed by atoms with Crippen LogP contribution in [0.4, 0.5) is 10.1 Å². The minimum atomic E-state index is -4.20. The van der Waals surface area contributed by atoms with Crippen molar-refractivity contribution in [2.24, 2.45) is 0 Å². The molecule has 0 aliphatic rings. The van der Waals surface area contributed by atoms with E-state index in [9.17, 15) is 21.2 Å². The van der Waals surface area contributed by atoms with Crippen molar-refractivity contribution in [3.63, 3.8) is 0 Å². The summed E-state index contributed by atoms with van der Waals surface area (Å²) in [6, 6.07) is 2.19. The Morgan fingerprint density at radius 2 is 1.86 bits per heavy atom. The van der Waals surface area contributed by atoms with Crippen LogP contribution in [-0.4, -0.2) is 47.5 Å². The van der Waals surface area contributed by atoms with Crippen LogP contribution in [0, 0.1) is 5.82 Å². The fraction of sp³-hybridized carbons (Fsp3) is 0.400. The lowest BCUT2D eigenvalue weighted by Crippen LogP contribution is -2.34. The van der Waals surface area contributed by atoms with Gasteiger partial charge in [0.25, 0.3) is 0 Å². The maximum Gasteiger partial charge on any atom is 0.243 e.